The molecule has 0 bridgehead atoms. The standard InChI is InChI=1S/C12H15BrN2O3/c1-18-10-3-2-8(4-9(10)13)15-12(5-11(16)17)6-14-7-12/h2-4,14-15H,5-7H2,1H3,(H,16,17). The Morgan fingerprint density at radius 1 is 1.61 bits per heavy atom. The van der Waals surface area contributed by atoms with E-state index in [0.29, 0.717) is 13.1 Å². The molecule has 1 aliphatic heterocycles. The third kappa shape index (κ3) is 2.76. The summed E-state index contributed by atoms with van der Waals surface area (Å²) >= 11 is 3.41. The van der Waals surface area contributed by atoms with Crippen molar-refractivity contribution in [2.75, 3.05) is 25.5 Å². The molecular formula is C12H15BrN2O3. The highest BCUT2D eigenvalue weighted by atomic mass is 79.9. The van der Waals surface area contributed by atoms with E-state index in [1.807, 2.05) is 18.2 Å². The highest BCUT2D eigenvalue weighted by molar-refractivity contribution is 9.10. The van der Waals surface area contributed by atoms with E-state index >= 15 is 0 Å². The number of ether oxygens (including phenoxy) is 1. The number of hydrogen-bond donors (Lipinski definition) is 3. The van der Waals surface area contributed by atoms with Gasteiger partial charge >= 0.3 is 5.97 Å². The average molecular weight is 315 g/mol. The monoisotopic (exact) mass is 314 g/mol. The molecular weight excluding hydrogens is 300 g/mol. The zero-order chi connectivity index (χ0) is 13.2. The zero-order valence-electron chi connectivity index (χ0n) is 10.00. The first-order valence-corrected chi connectivity index (χ1v) is 6.38. The lowest BCUT2D eigenvalue weighted by atomic mass is 9.88. The van der Waals surface area contributed by atoms with Crippen molar-refractivity contribution in [2.45, 2.75) is 12.0 Å². The number of hydrogen-bond acceptors (Lipinski definition) is 4. The second-order valence-corrected chi connectivity index (χ2v) is 5.28. The number of carboxylic acids is 1. The van der Waals surface area contributed by atoms with E-state index in [2.05, 4.69) is 26.6 Å². The molecule has 0 amide bonds. The van der Waals surface area contributed by atoms with Crippen molar-refractivity contribution >= 4 is 27.6 Å². The number of nitrogens with one attached hydrogen (secondary N) is 2. The number of aliphatic carboxylic acids is 1. The number of carbonyl (C=O) groups is 1. The topological polar surface area (TPSA) is 70.6 Å². The second kappa shape index (κ2) is 5.16. The van der Waals surface area contributed by atoms with Crippen LogP contribution in [-0.4, -0.2) is 36.8 Å². The highest BCUT2D eigenvalue weighted by Crippen LogP contribution is 2.30. The molecule has 0 unspecified atom stereocenters. The van der Waals surface area contributed by atoms with Gasteiger partial charge in [0, 0.05) is 18.8 Å². The van der Waals surface area contributed by atoms with Gasteiger partial charge in [-0.05, 0) is 34.1 Å². The smallest absolute Gasteiger partial charge is 0.305 e. The lowest BCUT2D eigenvalue weighted by Crippen LogP contribution is -2.65. The Morgan fingerprint density at radius 3 is 2.78 bits per heavy atom. The third-order valence-electron chi connectivity index (χ3n) is 2.98. The SMILES string of the molecule is COc1ccc(NC2(CC(=O)O)CNC2)cc1Br. The number of benzene rings is 1. The Kier molecular flexibility index (Phi) is 3.77. The molecule has 0 aliphatic carbocycles. The largest absolute Gasteiger partial charge is 0.496 e. The van der Waals surface area contributed by atoms with Crippen LogP contribution in [-0.2, 0) is 4.79 Å². The summed E-state index contributed by atoms with van der Waals surface area (Å²) in [6.07, 6.45) is 0.101. The molecule has 1 fully saturated rings. The summed E-state index contributed by atoms with van der Waals surface area (Å²) < 4.78 is 5.99. The lowest BCUT2D eigenvalue weighted by molar-refractivity contribution is -0.138. The van der Waals surface area contributed by atoms with E-state index in [4.69, 9.17) is 9.84 Å². The first-order valence-electron chi connectivity index (χ1n) is 5.59. The van der Waals surface area contributed by atoms with Gasteiger partial charge in [-0.2, -0.15) is 0 Å². The van der Waals surface area contributed by atoms with Gasteiger partial charge in [-0.1, -0.05) is 0 Å². The van der Waals surface area contributed by atoms with Crippen LogP contribution in [0.3, 0.4) is 0 Å². The number of rotatable bonds is 5. The van der Waals surface area contributed by atoms with Crippen LogP contribution in [0.25, 0.3) is 0 Å². The molecule has 0 aromatic heterocycles. The molecule has 3 N–H and O–H groups in total. The molecule has 98 valence electrons. The second-order valence-electron chi connectivity index (χ2n) is 4.43. The van der Waals surface area contributed by atoms with E-state index in [0.717, 1.165) is 15.9 Å². The fourth-order valence-corrected chi connectivity index (χ4v) is 2.56. The van der Waals surface area contributed by atoms with E-state index in [1.165, 1.54) is 0 Å². The van der Waals surface area contributed by atoms with Crippen LogP contribution in [0.4, 0.5) is 5.69 Å². The summed E-state index contributed by atoms with van der Waals surface area (Å²) in [5.41, 5.74) is 0.491. The summed E-state index contributed by atoms with van der Waals surface area (Å²) in [4.78, 5) is 10.9. The Labute approximate surface area is 114 Å². The fourth-order valence-electron chi connectivity index (χ4n) is 2.02. The molecule has 6 heteroatoms. The number of methoxy groups -OCH3 is 1. The molecule has 1 saturated heterocycles. The molecule has 0 saturated carbocycles. The third-order valence-corrected chi connectivity index (χ3v) is 3.60. The number of anilines is 1. The van der Waals surface area contributed by atoms with Gasteiger partial charge in [0.15, 0.2) is 0 Å². The lowest BCUT2D eigenvalue weighted by Gasteiger charge is -2.43. The van der Waals surface area contributed by atoms with Gasteiger partial charge in [0.25, 0.3) is 0 Å². The molecule has 1 aliphatic rings. The predicted molar refractivity (Wildman–Crippen MR) is 72.2 cm³/mol. The van der Waals surface area contributed by atoms with E-state index in [-0.39, 0.29) is 12.0 Å². The van der Waals surface area contributed by atoms with Crippen LogP contribution < -0.4 is 15.4 Å². The van der Waals surface area contributed by atoms with Crippen molar-refractivity contribution in [1.82, 2.24) is 5.32 Å². The Bertz CT molecular complexity index is 461. The van der Waals surface area contributed by atoms with E-state index in [1.54, 1.807) is 7.11 Å². The van der Waals surface area contributed by atoms with Gasteiger partial charge in [0.1, 0.15) is 5.75 Å². The molecule has 5 nitrogen and oxygen atoms in total. The molecule has 0 atom stereocenters. The summed E-state index contributed by atoms with van der Waals surface area (Å²) in [5, 5.41) is 15.3. The maximum Gasteiger partial charge on any atom is 0.305 e. The summed E-state index contributed by atoms with van der Waals surface area (Å²) in [6.45, 7) is 1.31. The Morgan fingerprint density at radius 2 is 2.33 bits per heavy atom. The van der Waals surface area contributed by atoms with Gasteiger partial charge in [0.05, 0.1) is 23.5 Å². The van der Waals surface area contributed by atoms with Crippen molar-refractivity contribution in [2.24, 2.45) is 0 Å². The average Bonchev–Trinajstić information content (AvgIpc) is 2.25. The van der Waals surface area contributed by atoms with Crippen LogP contribution in [0.15, 0.2) is 22.7 Å². The summed E-state index contributed by atoms with van der Waals surface area (Å²) in [6, 6.07) is 5.61. The van der Waals surface area contributed by atoms with E-state index in [9.17, 15) is 4.79 Å². The van der Waals surface area contributed by atoms with Gasteiger partial charge in [-0.25, -0.2) is 0 Å². The summed E-state index contributed by atoms with van der Waals surface area (Å²) in [7, 11) is 1.61. The minimum absolute atomic E-state index is 0.101. The van der Waals surface area contributed by atoms with Gasteiger partial charge < -0.3 is 20.5 Å². The Balaban J connectivity index is 2.12. The van der Waals surface area contributed by atoms with Crippen LogP contribution >= 0.6 is 15.9 Å². The van der Waals surface area contributed by atoms with Crippen molar-refractivity contribution in [3.8, 4) is 5.75 Å². The normalized spacial score (nSPS) is 16.8. The fraction of sp³-hybridized carbons (Fsp3) is 0.417. The highest BCUT2D eigenvalue weighted by Gasteiger charge is 2.39. The minimum atomic E-state index is -0.795. The zero-order valence-corrected chi connectivity index (χ0v) is 11.6. The first-order chi connectivity index (χ1) is 8.54. The van der Waals surface area contributed by atoms with Crippen molar-refractivity contribution in [1.29, 1.82) is 0 Å². The molecule has 0 radical (unpaired) electrons. The van der Waals surface area contributed by atoms with Crippen LogP contribution in [0.1, 0.15) is 6.42 Å². The van der Waals surface area contributed by atoms with Crippen LogP contribution in [0, 0.1) is 0 Å². The minimum Gasteiger partial charge on any atom is -0.496 e. The van der Waals surface area contributed by atoms with Gasteiger partial charge in [0.2, 0.25) is 0 Å². The first kappa shape index (κ1) is 13.2. The van der Waals surface area contributed by atoms with Gasteiger partial charge in [-0.3, -0.25) is 4.79 Å². The molecule has 1 aromatic rings. The van der Waals surface area contributed by atoms with Gasteiger partial charge in [-0.15, -0.1) is 0 Å². The van der Waals surface area contributed by atoms with Crippen molar-refractivity contribution < 1.29 is 14.6 Å². The van der Waals surface area contributed by atoms with Crippen LogP contribution in [0.5, 0.6) is 5.75 Å². The quantitative estimate of drug-likeness (QED) is 0.771. The number of halogens is 1. The summed E-state index contributed by atoms with van der Waals surface area (Å²) in [5.74, 6) is -0.0452. The number of carboxylic acid groups (broad SMARTS) is 1. The molecule has 2 rings (SSSR count). The van der Waals surface area contributed by atoms with E-state index < -0.39 is 5.97 Å². The van der Waals surface area contributed by atoms with Crippen molar-refractivity contribution in [3.05, 3.63) is 22.7 Å². The maximum absolute atomic E-state index is 10.9. The molecule has 1 aromatic carbocycles. The Hall–Kier alpha value is -1.27. The molecule has 0 spiro atoms. The molecule has 1 heterocycles. The van der Waals surface area contributed by atoms with Crippen molar-refractivity contribution in [3.63, 3.8) is 0 Å². The molecule has 18 heavy (non-hydrogen) atoms. The maximum atomic E-state index is 10.9. The predicted octanol–water partition coefficient (Wildman–Crippen LogP) is 1.69. The van der Waals surface area contributed by atoms with Crippen LogP contribution in [0.2, 0.25) is 0 Å².